The fourth-order valence-electron chi connectivity index (χ4n) is 3.06. The average molecular weight is 337 g/mol. The number of hydrogen-bond acceptors (Lipinski definition) is 5. The van der Waals surface area contributed by atoms with Crippen LogP contribution in [-0.4, -0.2) is 27.7 Å². The molecule has 0 fully saturated rings. The Kier molecular flexibility index (Phi) is 3.21. The summed E-state index contributed by atoms with van der Waals surface area (Å²) in [7, 11) is 3.50. The van der Waals surface area contributed by atoms with Gasteiger partial charge in [0, 0.05) is 41.8 Å². The molecule has 0 bridgehead atoms. The molecule has 0 aliphatic carbocycles. The minimum Gasteiger partial charge on any atom is -0.508 e. The van der Waals surface area contributed by atoms with Gasteiger partial charge in [0.25, 0.3) is 0 Å². The summed E-state index contributed by atoms with van der Waals surface area (Å²) in [6.45, 7) is 0. The predicted octanol–water partition coefficient (Wildman–Crippen LogP) is 3.21. The molecule has 1 aliphatic rings. The minimum absolute atomic E-state index is 0.0573. The van der Waals surface area contributed by atoms with Gasteiger partial charge in [0.15, 0.2) is 5.76 Å². The van der Waals surface area contributed by atoms with Crippen molar-refractivity contribution in [2.45, 2.75) is 0 Å². The molecule has 0 unspecified atom stereocenters. The van der Waals surface area contributed by atoms with E-state index in [0.29, 0.717) is 5.75 Å². The zero-order valence-electron chi connectivity index (χ0n) is 13.6. The lowest BCUT2D eigenvalue weighted by molar-refractivity contribution is 0.101. The quantitative estimate of drug-likeness (QED) is 0.702. The molecule has 2 N–H and O–H groups in total. The van der Waals surface area contributed by atoms with Crippen molar-refractivity contribution in [1.29, 1.82) is 0 Å². The topological polar surface area (TPSA) is 80.9 Å². The monoisotopic (exact) mass is 337 g/mol. The summed E-state index contributed by atoms with van der Waals surface area (Å²) < 4.78 is 12.8. The number of phenolic OH excluding ortho intramolecular Hbond substituents is 2. The number of fused-ring (bicyclic) bond motifs is 2. The number of ketones is 1. The summed E-state index contributed by atoms with van der Waals surface area (Å²) in [6.07, 6.45) is 3.51. The summed E-state index contributed by atoms with van der Waals surface area (Å²) in [4.78, 5) is 12.5. The summed E-state index contributed by atoms with van der Waals surface area (Å²) in [5.41, 5.74) is 1.83. The van der Waals surface area contributed by atoms with Crippen molar-refractivity contribution in [2.24, 2.45) is 7.05 Å². The number of ether oxygens (including phenoxy) is 2. The fourth-order valence-corrected chi connectivity index (χ4v) is 3.06. The number of benzene rings is 2. The number of aromatic hydroxyl groups is 2. The second kappa shape index (κ2) is 5.31. The average Bonchev–Trinajstić information content (AvgIpc) is 3.05. The zero-order valence-corrected chi connectivity index (χ0v) is 13.6. The highest BCUT2D eigenvalue weighted by atomic mass is 16.5. The zero-order chi connectivity index (χ0) is 17.7. The van der Waals surface area contributed by atoms with Gasteiger partial charge in [0.05, 0.1) is 7.11 Å². The number of nitrogens with zero attached hydrogens (tertiary/aromatic N) is 1. The smallest absolute Gasteiger partial charge is 0.235 e. The van der Waals surface area contributed by atoms with Crippen LogP contribution in [0.25, 0.3) is 17.0 Å². The standard InChI is InChI=1S/C19H15NO5/c1-20-9-10(13-8-12(24-2)3-4-14(13)20)5-17-19(23)18-15(22)6-11(21)7-16(18)25-17/h3-9,21-22H,1-2H3/b17-5-. The Hall–Kier alpha value is -3.41. The molecule has 2 heterocycles. The Morgan fingerprint density at radius 1 is 1.20 bits per heavy atom. The number of aromatic nitrogens is 1. The van der Waals surface area contributed by atoms with Crippen molar-refractivity contribution in [2.75, 3.05) is 7.11 Å². The molecular formula is C19H15NO5. The number of methoxy groups -OCH3 is 1. The van der Waals surface area contributed by atoms with Gasteiger partial charge < -0.3 is 24.3 Å². The van der Waals surface area contributed by atoms with E-state index in [0.717, 1.165) is 22.5 Å². The van der Waals surface area contributed by atoms with Gasteiger partial charge in [-0.05, 0) is 24.3 Å². The summed E-state index contributed by atoms with van der Waals surface area (Å²) >= 11 is 0. The van der Waals surface area contributed by atoms with E-state index in [4.69, 9.17) is 9.47 Å². The molecule has 2 aromatic carbocycles. The number of carbonyl (C=O) groups excluding carboxylic acids is 1. The Morgan fingerprint density at radius 3 is 2.76 bits per heavy atom. The van der Waals surface area contributed by atoms with Crippen LogP contribution in [0.4, 0.5) is 0 Å². The van der Waals surface area contributed by atoms with Crippen LogP contribution in [-0.2, 0) is 7.05 Å². The molecule has 126 valence electrons. The summed E-state index contributed by atoms with van der Waals surface area (Å²) in [5, 5.41) is 20.4. The van der Waals surface area contributed by atoms with Gasteiger partial charge in [-0.15, -0.1) is 0 Å². The highest BCUT2D eigenvalue weighted by Gasteiger charge is 2.31. The number of rotatable bonds is 2. The van der Waals surface area contributed by atoms with Gasteiger partial charge in [-0.25, -0.2) is 0 Å². The predicted molar refractivity (Wildman–Crippen MR) is 92.2 cm³/mol. The molecule has 6 heteroatoms. The van der Waals surface area contributed by atoms with E-state index in [1.54, 1.807) is 13.2 Å². The van der Waals surface area contributed by atoms with Gasteiger partial charge >= 0.3 is 0 Å². The molecule has 0 saturated carbocycles. The lowest BCUT2D eigenvalue weighted by atomic mass is 10.1. The van der Waals surface area contributed by atoms with Crippen molar-refractivity contribution >= 4 is 22.8 Å². The van der Waals surface area contributed by atoms with Crippen LogP contribution in [0.5, 0.6) is 23.0 Å². The highest BCUT2D eigenvalue weighted by Crippen LogP contribution is 2.41. The third kappa shape index (κ3) is 2.30. The van der Waals surface area contributed by atoms with Gasteiger partial charge in [0.1, 0.15) is 28.6 Å². The van der Waals surface area contributed by atoms with Crippen LogP contribution in [0.1, 0.15) is 15.9 Å². The van der Waals surface area contributed by atoms with Crippen molar-refractivity contribution in [1.82, 2.24) is 4.57 Å². The van der Waals surface area contributed by atoms with E-state index in [9.17, 15) is 15.0 Å². The van der Waals surface area contributed by atoms with E-state index in [1.165, 1.54) is 6.07 Å². The number of Topliss-reactive ketones (excluding diaryl/α,β-unsaturated/α-hetero) is 1. The van der Waals surface area contributed by atoms with Crippen LogP contribution in [0.2, 0.25) is 0 Å². The molecule has 1 aromatic heterocycles. The molecule has 0 radical (unpaired) electrons. The number of allylic oxidation sites excluding steroid dienone is 1. The van der Waals surface area contributed by atoms with Crippen LogP contribution in [0.15, 0.2) is 42.3 Å². The van der Waals surface area contributed by atoms with E-state index < -0.39 is 5.78 Å². The number of carbonyl (C=O) groups is 1. The SMILES string of the molecule is COc1ccc2c(c1)c(/C=C1\Oc3cc(O)cc(O)c3C1=O)cn2C. The lowest BCUT2D eigenvalue weighted by Crippen LogP contribution is -1.98. The maximum Gasteiger partial charge on any atom is 0.235 e. The number of aryl methyl sites for hydroxylation is 1. The van der Waals surface area contributed by atoms with Gasteiger partial charge in [-0.3, -0.25) is 4.79 Å². The first kappa shape index (κ1) is 15.1. The third-order valence-corrected chi connectivity index (χ3v) is 4.25. The van der Waals surface area contributed by atoms with Crippen LogP contribution < -0.4 is 9.47 Å². The normalized spacial score (nSPS) is 14.8. The van der Waals surface area contributed by atoms with E-state index in [-0.39, 0.29) is 28.6 Å². The maximum absolute atomic E-state index is 12.5. The molecule has 1 aliphatic heterocycles. The minimum atomic E-state index is -0.424. The summed E-state index contributed by atoms with van der Waals surface area (Å²) in [5.74, 6) is 0.0521. The number of hydrogen-bond donors (Lipinski definition) is 2. The lowest BCUT2D eigenvalue weighted by Gasteiger charge is -2.01. The highest BCUT2D eigenvalue weighted by molar-refractivity contribution is 6.16. The Bertz CT molecular complexity index is 1060. The molecule has 3 aromatic rings. The molecule has 0 amide bonds. The van der Waals surface area contributed by atoms with Gasteiger partial charge in [-0.1, -0.05) is 0 Å². The first-order valence-electron chi connectivity index (χ1n) is 7.61. The molecule has 25 heavy (non-hydrogen) atoms. The third-order valence-electron chi connectivity index (χ3n) is 4.25. The van der Waals surface area contributed by atoms with E-state index >= 15 is 0 Å². The largest absolute Gasteiger partial charge is 0.508 e. The second-order valence-electron chi connectivity index (χ2n) is 5.86. The van der Waals surface area contributed by atoms with Crippen molar-refractivity contribution in [3.8, 4) is 23.0 Å². The maximum atomic E-state index is 12.5. The molecule has 0 atom stereocenters. The van der Waals surface area contributed by atoms with Gasteiger partial charge in [-0.2, -0.15) is 0 Å². The van der Waals surface area contributed by atoms with E-state index in [2.05, 4.69) is 0 Å². The van der Waals surface area contributed by atoms with Crippen LogP contribution in [0.3, 0.4) is 0 Å². The van der Waals surface area contributed by atoms with Crippen LogP contribution >= 0.6 is 0 Å². The van der Waals surface area contributed by atoms with E-state index in [1.807, 2.05) is 36.0 Å². The molecule has 6 nitrogen and oxygen atoms in total. The first-order chi connectivity index (χ1) is 12.0. The first-order valence-corrected chi connectivity index (χ1v) is 7.61. The second-order valence-corrected chi connectivity index (χ2v) is 5.86. The molecule has 0 saturated heterocycles. The van der Waals surface area contributed by atoms with Crippen molar-refractivity contribution in [3.63, 3.8) is 0 Å². The Balaban J connectivity index is 1.84. The van der Waals surface area contributed by atoms with Gasteiger partial charge in [0.2, 0.25) is 5.78 Å². The fraction of sp³-hybridized carbons (Fsp3) is 0.105. The molecule has 4 rings (SSSR count). The van der Waals surface area contributed by atoms with Crippen molar-refractivity contribution in [3.05, 3.63) is 53.4 Å². The van der Waals surface area contributed by atoms with Crippen molar-refractivity contribution < 1.29 is 24.5 Å². The molecule has 0 spiro atoms. The molecular weight excluding hydrogens is 322 g/mol. The van der Waals surface area contributed by atoms with Crippen LogP contribution in [0, 0.1) is 0 Å². The number of phenols is 2. The summed E-state index contributed by atoms with van der Waals surface area (Å²) in [6, 6.07) is 8.11. The Labute approximate surface area is 143 Å². The Morgan fingerprint density at radius 2 is 2.00 bits per heavy atom.